The number of halogens is 2. The number of nitrogens with zero attached hydrogens (tertiary/aromatic N) is 1. The molecule has 2 aromatic carbocycles. The maximum Gasteiger partial charge on any atom is 0.333 e. The van der Waals surface area contributed by atoms with E-state index in [0.29, 0.717) is 27.6 Å². The topological polar surface area (TPSA) is 71.3 Å². The number of nitriles is 1. The van der Waals surface area contributed by atoms with E-state index >= 15 is 0 Å². The molecule has 0 saturated heterocycles. The number of rotatable bonds is 6. The Labute approximate surface area is 165 Å². The molecule has 0 saturated carbocycles. The average molecular weight is 470 g/mol. The van der Waals surface area contributed by atoms with Crippen LogP contribution in [0.1, 0.15) is 17.2 Å². The summed E-state index contributed by atoms with van der Waals surface area (Å²) in [6.07, 6.45) is 0. The molecule has 0 aliphatic carbocycles. The zero-order chi connectivity index (χ0) is 18.4. The van der Waals surface area contributed by atoms with Gasteiger partial charge in [-0.3, -0.25) is 0 Å². The molecule has 0 heterocycles. The monoisotopic (exact) mass is 469 g/mol. The Morgan fingerprint density at radius 1 is 1.40 bits per heavy atom. The summed E-state index contributed by atoms with van der Waals surface area (Å²) in [4.78, 5) is 12.4. The Bertz CT molecular complexity index is 803. The maximum absolute atomic E-state index is 12.4. The van der Waals surface area contributed by atoms with Crippen LogP contribution in [0.25, 0.3) is 0 Å². The molecule has 1 atom stereocenters. The molecule has 0 aliphatic rings. The molecule has 7 heteroatoms. The number of carbonyl (C=O) groups excluding carboxylic acids is 1. The third-order valence-electron chi connectivity index (χ3n) is 3.36. The third kappa shape index (κ3) is 4.77. The number of nitrogens with one attached hydrogen (secondary N) is 1. The molecule has 0 fully saturated rings. The van der Waals surface area contributed by atoms with Gasteiger partial charge in [-0.25, -0.2) is 4.79 Å². The van der Waals surface area contributed by atoms with E-state index in [-0.39, 0.29) is 6.61 Å². The number of anilines is 1. The highest BCUT2D eigenvalue weighted by atomic mass is 127. The van der Waals surface area contributed by atoms with Crippen molar-refractivity contribution in [3.63, 3.8) is 0 Å². The number of carbonyl (C=O) groups is 1. The fourth-order valence-corrected chi connectivity index (χ4v) is 3.45. The molecule has 0 bridgehead atoms. The number of esters is 1. The summed E-state index contributed by atoms with van der Waals surface area (Å²) in [5.41, 5.74) is 1.74. The predicted molar refractivity (Wildman–Crippen MR) is 105 cm³/mol. The minimum absolute atomic E-state index is 0.204. The summed E-state index contributed by atoms with van der Waals surface area (Å²) in [5, 5.41) is 12.5. The molecule has 1 unspecified atom stereocenters. The number of methoxy groups -OCH3 is 1. The molecule has 0 aliphatic heterocycles. The summed E-state index contributed by atoms with van der Waals surface area (Å²) in [6.45, 7) is 3.89. The van der Waals surface area contributed by atoms with Gasteiger partial charge in [0.05, 0.1) is 28.9 Å². The molecule has 0 amide bonds. The van der Waals surface area contributed by atoms with Crippen LogP contribution in [0.2, 0.25) is 5.02 Å². The first-order valence-electron chi connectivity index (χ1n) is 7.25. The van der Waals surface area contributed by atoms with Gasteiger partial charge in [-0.2, -0.15) is 5.26 Å². The van der Waals surface area contributed by atoms with Crippen molar-refractivity contribution in [2.45, 2.75) is 6.04 Å². The normalized spacial score (nSPS) is 11.3. The number of benzene rings is 2. The van der Waals surface area contributed by atoms with Crippen molar-refractivity contribution in [1.29, 1.82) is 5.26 Å². The molecule has 25 heavy (non-hydrogen) atoms. The largest absolute Gasteiger partial charge is 0.492 e. The van der Waals surface area contributed by atoms with Crippen molar-refractivity contribution in [1.82, 2.24) is 0 Å². The summed E-state index contributed by atoms with van der Waals surface area (Å²) in [6, 6.07) is 11.4. The zero-order valence-corrected chi connectivity index (χ0v) is 16.3. The lowest BCUT2D eigenvalue weighted by atomic mass is 10.0. The average Bonchev–Trinajstić information content (AvgIpc) is 2.61. The molecule has 2 aromatic rings. The molecular weight excluding hydrogens is 455 g/mol. The van der Waals surface area contributed by atoms with Crippen LogP contribution in [0.4, 0.5) is 5.69 Å². The number of hydrogen-bond acceptors (Lipinski definition) is 5. The van der Waals surface area contributed by atoms with Crippen LogP contribution in [0.15, 0.2) is 36.4 Å². The smallest absolute Gasteiger partial charge is 0.333 e. The fourth-order valence-electron chi connectivity index (χ4n) is 2.24. The second kappa shape index (κ2) is 8.92. The first-order chi connectivity index (χ1) is 12.0. The molecule has 0 aromatic heterocycles. The SMILES string of the molecule is [CH2]COc1c(I)cc(Cl)cc1C(Nc1ccc(C#N)cc1)C(=O)OC. The van der Waals surface area contributed by atoms with Gasteiger partial charge >= 0.3 is 5.97 Å². The fraction of sp³-hybridized carbons (Fsp3) is 0.167. The van der Waals surface area contributed by atoms with Gasteiger partial charge in [-0.05, 0) is 65.9 Å². The van der Waals surface area contributed by atoms with Crippen LogP contribution in [-0.2, 0) is 9.53 Å². The second-order valence-electron chi connectivity index (χ2n) is 4.94. The third-order valence-corrected chi connectivity index (χ3v) is 4.38. The van der Waals surface area contributed by atoms with E-state index in [4.69, 9.17) is 26.3 Å². The van der Waals surface area contributed by atoms with Gasteiger partial charge in [0.1, 0.15) is 5.75 Å². The highest BCUT2D eigenvalue weighted by Crippen LogP contribution is 2.36. The maximum atomic E-state index is 12.4. The first kappa shape index (κ1) is 19.3. The Morgan fingerprint density at radius 2 is 2.08 bits per heavy atom. The van der Waals surface area contributed by atoms with Crippen LogP contribution in [0, 0.1) is 21.8 Å². The molecule has 1 radical (unpaired) electrons. The highest BCUT2D eigenvalue weighted by Gasteiger charge is 2.27. The Morgan fingerprint density at radius 3 is 2.64 bits per heavy atom. The van der Waals surface area contributed by atoms with Crippen LogP contribution in [-0.4, -0.2) is 19.7 Å². The highest BCUT2D eigenvalue weighted by molar-refractivity contribution is 14.1. The first-order valence-corrected chi connectivity index (χ1v) is 8.71. The van der Waals surface area contributed by atoms with Crippen LogP contribution in [0.5, 0.6) is 5.75 Å². The van der Waals surface area contributed by atoms with E-state index in [1.807, 2.05) is 6.07 Å². The van der Waals surface area contributed by atoms with Crippen LogP contribution >= 0.6 is 34.2 Å². The van der Waals surface area contributed by atoms with Crippen molar-refractivity contribution in [2.24, 2.45) is 0 Å². The van der Waals surface area contributed by atoms with Gasteiger partial charge in [-0.1, -0.05) is 11.6 Å². The van der Waals surface area contributed by atoms with Crippen molar-refractivity contribution in [3.05, 3.63) is 63.0 Å². The van der Waals surface area contributed by atoms with Gasteiger partial charge in [0.25, 0.3) is 0 Å². The minimum atomic E-state index is -0.827. The van der Waals surface area contributed by atoms with E-state index in [1.54, 1.807) is 36.4 Å². The van der Waals surface area contributed by atoms with Crippen molar-refractivity contribution in [3.8, 4) is 11.8 Å². The van der Waals surface area contributed by atoms with Crippen molar-refractivity contribution < 1.29 is 14.3 Å². The lowest BCUT2D eigenvalue weighted by molar-refractivity contribution is -0.141. The van der Waals surface area contributed by atoms with Gasteiger partial charge in [-0.15, -0.1) is 0 Å². The summed E-state index contributed by atoms with van der Waals surface area (Å²) in [7, 11) is 1.31. The van der Waals surface area contributed by atoms with E-state index < -0.39 is 12.0 Å². The standard InChI is InChI=1S/C18H15ClIN2O3/c1-3-25-17-14(8-12(19)9-15(17)20)16(18(23)24-2)22-13-6-4-11(10-21)5-7-13/h4-9,16,22H,1,3H2,2H3. The minimum Gasteiger partial charge on any atom is -0.492 e. The number of ether oxygens (including phenoxy) is 2. The summed E-state index contributed by atoms with van der Waals surface area (Å²) in [5.74, 6) is 0.0351. The summed E-state index contributed by atoms with van der Waals surface area (Å²) < 4.78 is 11.3. The van der Waals surface area contributed by atoms with Crippen LogP contribution < -0.4 is 10.1 Å². The molecule has 1 N–H and O–H groups in total. The van der Waals surface area contributed by atoms with E-state index in [0.717, 1.165) is 3.57 Å². The second-order valence-corrected chi connectivity index (χ2v) is 6.54. The predicted octanol–water partition coefficient (Wildman–Crippen LogP) is 4.36. The Kier molecular flexibility index (Phi) is 6.91. The lowest BCUT2D eigenvalue weighted by Crippen LogP contribution is -2.23. The van der Waals surface area contributed by atoms with Crippen molar-refractivity contribution in [2.75, 3.05) is 19.0 Å². The van der Waals surface area contributed by atoms with Gasteiger partial charge < -0.3 is 14.8 Å². The Hall–Kier alpha value is -1.98. The lowest BCUT2D eigenvalue weighted by Gasteiger charge is -2.22. The molecule has 5 nitrogen and oxygen atoms in total. The van der Waals surface area contributed by atoms with Gasteiger partial charge in [0.2, 0.25) is 0 Å². The van der Waals surface area contributed by atoms with Gasteiger partial charge in [0.15, 0.2) is 6.04 Å². The van der Waals surface area contributed by atoms with Gasteiger partial charge in [0, 0.05) is 16.3 Å². The Balaban J connectivity index is 2.47. The molecule has 0 spiro atoms. The number of hydrogen-bond donors (Lipinski definition) is 1. The molecule has 2 rings (SSSR count). The van der Waals surface area contributed by atoms with E-state index in [9.17, 15) is 4.79 Å². The zero-order valence-electron chi connectivity index (χ0n) is 13.4. The quantitative estimate of drug-likeness (QED) is 0.503. The summed E-state index contributed by atoms with van der Waals surface area (Å²) >= 11 is 8.26. The van der Waals surface area contributed by atoms with E-state index in [1.165, 1.54) is 7.11 Å². The van der Waals surface area contributed by atoms with Crippen LogP contribution in [0.3, 0.4) is 0 Å². The molecule has 129 valence electrons. The molecular formula is C18H15ClIN2O3. The van der Waals surface area contributed by atoms with E-state index in [2.05, 4.69) is 34.8 Å². The van der Waals surface area contributed by atoms with Crippen molar-refractivity contribution >= 4 is 45.8 Å².